The Morgan fingerprint density at radius 2 is 1.65 bits per heavy atom. The van der Waals surface area contributed by atoms with Gasteiger partial charge in [-0.15, -0.1) is 0 Å². The Hall–Kier alpha value is -1.54. The molecule has 0 saturated carbocycles. The van der Waals surface area contributed by atoms with Crippen molar-refractivity contribution in [3.8, 4) is 5.75 Å². The molecule has 2 rings (SSSR count). The highest BCUT2D eigenvalue weighted by atomic mass is 16.5. The zero-order chi connectivity index (χ0) is 16.3. The van der Waals surface area contributed by atoms with Crippen LogP contribution in [-0.4, -0.2) is 13.2 Å². The summed E-state index contributed by atoms with van der Waals surface area (Å²) >= 11 is 0. The molecule has 23 heavy (non-hydrogen) atoms. The summed E-state index contributed by atoms with van der Waals surface area (Å²) in [4.78, 5) is 0. The highest BCUT2D eigenvalue weighted by Gasteiger charge is 2.08. The molecule has 0 saturated heterocycles. The van der Waals surface area contributed by atoms with Gasteiger partial charge in [-0.05, 0) is 36.7 Å². The Morgan fingerprint density at radius 3 is 2.48 bits per heavy atom. The summed E-state index contributed by atoms with van der Waals surface area (Å²) in [5.74, 6) is 1.02. The first-order valence-corrected chi connectivity index (χ1v) is 9.21. The third-order valence-electron chi connectivity index (χ3n) is 4.31. The number of ether oxygens (including phenoxy) is 1. The van der Waals surface area contributed by atoms with Crippen LogP contribution < -0.4 is 10.1 Å². The molecule has 1 N–H and O–H groups in total. The second-order valence-corrected chi connectivity index (χ2v) is 6.14. The standard InChI is InChI=1S/C21H31NO/c1-3-5-6-7-8-11-16-22-17-20-19-13-10-9-12-18(19)14-15-21(20)23-4-2/h9-10,12-15,22H,3-8,11,16-17H2,1-2H3. The number of benzene rings is 2. The van der Waals surface area contributed by atoms with E-state index in [9.17, 15) is 0 Å². The zero-order valence-corrected chi connectivity index (χ0v) is 14.7. The van der Waals surface area contributed by atoms with E-state index < -0.39 is 0 Å². The van der Waals surface area contributed by atoms with Crippen LogP contribution in [0.5, 0.6) is 5.75 Å². The molecular weight excluding hydrogens is 282 g/mol. The molecule has 126 valence electrons. The van der Waals surface area contributed by atoms with E-state index >= 15 is 0 Å². The highest BCUT2D eigenvalue weighted by molar-refractivity contribution is 5.87. The minimum Gasteiger partial charge on any atom is -0.494 e. The van der Waals surface area contributed by atoms with E-state index in [0.717, 1.165) is 18.8 Å². The molecule has 2 aromatic rings. The number of hydrogen-bond acceptors (Lipinski definition) is 2. The molecule has 0 heterocycles. The molecular formula is C21H31NO. The van der Waals surface area contributed by atoms with E-state index in [4.69, 9.17) is 4.74 Å². The first kappa shape index (κ1) is 17.8. The van der Waals surface area contributed by atoms with E-state index in [-0.39, 0.29) is 0 Å². The van der Waals surface area contributed by atoms with Crippen molar-refractivity contribution >= 4 is 10.8 Å². The van der Waals surface area contributed by atoms with Gasteiger partial charge in [0, 0.05) is 12.1 Å². The number of hydrogen-bond donors (Lipinski definition) is 1. The maximum absolute atomic E-state index is 5.83. The molecule has 0 radical (unpaired) electrons. The van der Waals surface area contributed by atoms with E-state index in [2.05, 4.69) is 48.6 Å². The normalized spacial score (nSPS) is 11.0. The highest BCUT2D eigenvalue weighted by Crippen LogP contribution is 2.28. The number of unbranched alkanes of at least 4 members (excludes halogenated alkanes) is 5. The van der Waals surface area contributed by atoms with Gasteiger partial charge in [-0.1, -0.05) is 69.4 Å². The van der Waals surface area contributed by atoms with E-state index in [1.165, 1.54) is 54.9 Å². The predicted molar refractivity (Wildman–Crippen MR) is 100 cm³/mol. The predicted octanol–water partition coefficient (Wildman–Crippen LogP) is 5.69. The molecule has 0 aliphatic rings. The monoisotopic (exact) mass is 313 g/mol. The summed E-state index contributed by atoms with van der Waals surface area (Å²) in [5, 5.41) is 6.19. The van der Waals surface area contributed by atoms with Crippen LogP contribution in [-0.2, 0) is 6.54 Å². The van der Waals surface area contributed by atoms with Gasteiger partial charge in [-0.3, -0.25) is 0 Å². The maximum Gasteiger partial charge on any atom is 0.124 e. The molecule has 0 aliphatic heterocycles. The molecule has 0 spiro atoms. The topological polar surface area (TPSA) is 21.3 Å². The van der Waals surface area contributed by atoms with Crippen molar-refractivity contribution < 1.29 is 4.74 Å². The first-order chi connectivity index (χ1) is 11.4. The van der Waals surface area contributed by atoms with Gasteiger partial charge in [0.2, 0.25) is 0 Å². The van der Waals surface area contributed by atoms with Crippen molar-refractivity contribution in [3.05, 3.63) is 42.0 Å². The van der Waals surface area contributed by atoms with Crippen molar-refractivity contribution in [1.82, 2.24) is 5.32 Å². The van der Waals surface area contributed by atoms with Crippen LogP contribution in [0.15, 0.2) is 36.4 Å². The molecule has 0 bridgehead atoms. The smallest absolute Gasteiger partial charge is 0.124 e. The molecule has 2 aromatic carbocycles. The minimum absolute atomic E-state index is 0.711. The fourth-order valence-electron chi connectivity index (χ4n) is 3.03. The van der Waals surface area contributed by atoms with Gasteiger partial charge < -0.3 is 10.1 Å². The Kier molecular flexibility index (Phi) is 7.96. The Morgan fingerprint density at radius 1 is 0.870 bits per heavy atom. The van der Waals surface area contributed by atoms with Crippen LogP contribution in [0.2, 0.25) is 0 Å². The summed E-state index contributed by atoms with van der Waals surface area (Å²) in [6.07, 6.45) is 8.04. The van der Waals surface area contributed by atoms with Gasteiger partial charge >= 0.3 is 0 Å². The van der Waals surface area contributed by atoms with Gasteiger partial charge in [-0.25, -0.2) is 0 Å². The summed E-state index contributed by atoms with van der Waals surface area (Å²) in [7, 11) is 0. The van der Waals surface area contributed by atoms with Gasteiger partial charge in [-0.2, -0.15) is 0 Å². The third kappa shape index (κ3) is 5.54. The number of nitrogens with one attached hydrogen (secondary N) is 1. The Bertz CT molecular complexity index is 579. The quantitative estimate of drug-likeness (QED) is 0.538. The lowest BCUT2D eigenvalue weighted by atomic mass is 10.0. The lowest BCUT2D eigenvalue weighted by Gasteiger charge is -2.14. The largest absolute Gasteiger partial charge is 0.494 e. The lowest BCUT2D eigenvalue weighted by Crippen LogP contribution is -2.15. The molecule has 0 unspecified atom stereocenters. The maximum atomic E-state index is 5.83. The van der Waals surface area contributed by atoms with Crippen LogP contribution in [0.25, 0.3) is 10.8 Å². The molecule has 2 nitrogen and oxygen atoms in total. The second-order valence-electron chi connectivity index (χ2n) is 6.14. The van der Waals surface area contributed by atoms with Crippen LogP contribution >= 0.6 is 0 Å². The molecule has 0 atom stereocenters. The SMILES string of the molecule is CCCCCCCCNCc1c(OCC)ccc2ccccc12. The Labute approximate surface area is 141 Å². The van der Waals surface area contributed by atoms with E-state index in [1.54, 1.807) is 0 Å². The number of fused-ring (bicyclic) bond motifs is 1. The summed E-state index contributed by atoms with van der Waals surface area (Å²) in [6.45, 7) is 6.99. The van der Waals surface area contributed by atoms with Crippen molar-refractivity contribution in [3.63, 3.8) is 0 Å². The van der Waals surface area contributed by atoms with Crippen molar-refractivity contribution in [1.29, 1.82) is 0 Å². The lowest BCUT2D eigenvalue weighted by molar-refractivity contribution is 0.336. The summed E-state index contributed by atoms with van der Waals surface area (Å²) in [6, 6.07) is 12.8. The van der Waals surface area contributed by atoms with Crippen molar-refractivity contribution in [2.75, 3.05) is 13.2 Å². The van der Waals surface area contributed by atoms with Gasteiger partial charge in [0.25, 0.3) is 0 Å². The molecule has 0 aliphatic carbocycles. The van der Waals surface area contributed by atoms with Gasteiger partial charge in [0.15, 0.2) is 0 Å². The van der Waals surface area contributed by atoms with Crippen LogP contribution in [0.3, 0.4) is 0 Å². The fraction of sp³-hybridized carbons (Fsp3) is 0.524. The fourth-order valence-corrected chi connectivity index (χ4v) is 3.03. The van der Waals surface area contributed by atoms with Crippen molar-refractivity contribution in [2.24, 2.45) is 0 Å². The van der Waals surface area contributed by atoms with E-state index in [0.29, 0.717) is 6.61 Å². The minimum atomic E-state index is 0.711. The second kappa shape index (κ2) is 10.3. The number of rotatable bonds is 11. The average molecular weight is 313 g/mol. The van der Waals surface area contributed by atoms with Crippen molar-refractivity contribution in [2.45, 2.75) is 58.9 Å². The third-order valence-corrected chi connectivity index (χ3v) is 4.31. The van der Waals surface area contributed by atoms with E-state index in [1.807, 2.05) is 6.92 Å². The van der Waals surface area contributed by atoms with Gasteiger partial charge in [0.05, 0.1) is 6.61 Å². The Balaban J connectivity index is 1.89. The van der Waals surface area contributed by atoms with Crippen LogP contribution in [0.4, 0.5) is 0 Å². The summed E-state index contributed by atoms with van der Waals surface area (Å²) < 4.78 is 5.83. The molecule has 2 heteroatoms. The van der Waals surface area contributed by atoms with Crippen LogP contribution in [0.1, 0.15) is 57.9 Å². The molecule has 0 aromatic heterocycles. The molecule has 0 fully saturated rings. The zero-order valence-electron chi connectivity index (χ0n) is 14.7. The average Bonchev–Trinajstić information content (AvgIpc) is 2.58. The van der Waals surface area contributed by atoms with Crippen LogP contribution in [0, 0.1) is 0 Å². The van der Waals surface area contributed by atoms with Gasteiger partial charge in [0.1, 0.15) is 5.75 Å². The molecule has 0 amide bonds. The first-order valence-electron chi connectivity index (χ1n) is 9.21. The summed E-state index contributed by atoms with van der Waals surface area (Å²) in [5.41, 5.74) is 1.29.